The molecule has 0 aliphatic heterocycles. The van der Waals surface area contributed by atoms with Gasteiger partial charge in [-0.3, -0.25) is 4.79 Å². The molecule has 0 radical (unpaired) electrons. The van der Waals surface area contributed by atoms with Crippen LogP contribution in [0.5, 0.6) is 5.75 Å². The molecule has 3 N–H and O–H groups in total. The maximum Gasteiger partial charge on any atom is 0.387 e. The minimum absolute atomic E-state index is 0. The van der Waals surface area contributed by atoms with E-state index in [9.17, 15) is 13.6 Å². The normalized spacial score (nSPS) is 11.7. The van der Waals surface area contributed by atoms with E-state index in [0.29, 0.717) is 11.3 Å². The highest BCUT2D eigenvalue weighted by molar-refractivity contribution is 5.91. The zero-order valence-electron chi connectivity index (χ0n) is 11.8. The molecule has 0 saturated carbocycles. The molecule has 0 fully saturated rings. The first-order valence-corrected chi connectivity index (χ1v) is 6.04. The van der Waals surface area contributed by atoms with E-state index in [4.69, 9.17) is 10.5 Å². The second kappa shape index (κ2) is 9.49. The fraction of sp³-hybridized carbons (Fsp3) is 0.462. The number of anilines is 1. The first-order valence-electron chi connectivity index (χ1n) is 6.04. The Morgan fingerprint density at radius 2 is 2.10 bits per heavy atom. The predicted octanol–water partition coefficient (Wildman–Crippen LogP) is 2.32. The van der Waals surface area contributed by atoms with Crippen molar-refractivity contribution in [3.05, 3.63) is 23.8 Å². The maximum atomic E-state index is 12.2. The average Bonchev–Trinajstić information content (AvgIpc) is 2.39. The van der Waals surface area contributed by atoms with Crippen molar-refractivity contribution < 1.29 is 23.0 Å². The van der Waals surface area contributed by atoms with Gasteiger partial charge in [-0.05, 0) is 18.6 Å². The Kier molecular flexibility index (Phi) is 8.84. The van der Waals surface area contributed by atoms with Crippen molar-refractivity contribution >= 4 is 24.0 Å². The van der Waals surface area contributed by atoms with Gasteiger partial charge in [0.05, 0.1) is 12.5 Å². The molecule has 1 aromatic rings. The third-order valence-electron chi connectivity index (χ3n) is 2.70. The van der Waals surface area contributed by atoms with Crippen LogP contribution >= 0.6 is 12.4 Å². The SMILES string of the molecule is COC(CN)CC(=O)Nc1ccc(C)c(OC(F)F)c1.Cl. The second-order valence-corrected chi connectivity index (χ2v) is 4.20. The number of hydrogen-bond donors (Lipinski definition) is 2. The molecule has 1 amide bonds. The van der Waals surface area contributed by atoms with Crippen LogP contribution in [0.15, 0.2) is 18.2 Å². The Morgan fingerprint density at radius 3 is 2.62 bits per heavy atom. The lowest BCUT2D eigenvalue weighted by atomic mass is 10.2. The molecule has 5 nitrogen and oxygen atoms in total. The molecule has 21 heavy (non-hydrogen) atoms. The molecule has 8 heteroatoms. The monoisotopic (exact) mass is 324 g/mol. The zero-order chi connectivity index (χ0) is 15.1. The molecule has 0 bridgehead atoms. The highest BCUT2D eigenvalue weighted by Crippen LogP contribution is 2.24. The first kappa shape index (κ1) is 19.6. The van der Waals surface area contributed by atoms with E-state index < -0.39 is 6.61 Å². The van der Waals surface area contributed by atoms with Crippen LogP contribution in [-0.2, 0) is 9.53 Å². The number of amides is 1. The maximum absolute atomic E-state index is 12.2. The highest BCUT2D eigenvalue weighted by Gasteiger charge is 2.13. The lowest BCUT2D eigenvalue weighted by Gasteiger charge is -2.14. The summed E-state index contributed by atoms with van der Waals surface area (Å²) in [6.07, 6.45) is -0.288. The summed E-state index contributed by atoms with van der Waals surface area (Å²) in [6, 6.07) is 4.55. The van der Waals surface area contributed by atoms with Crippen LogP contribution in [0.3, 0.4) is 0 Å². The number of alkyl halides is 2. The van der Waals surface area contributed by atoms with Crippen LogP contribution in [0.2, 0.25) is 0 Å². The van der Waals surface area contributed by atoms with E-state index in [-0.39, 0.29) is 43.1 Å². The van der Waals surface area contributed by atoms with Crippen molar-refractivity contribution in [1.82, 2.24) is 0 Å². The van der Waals surface area contributed by atoms with Gasteiger partial charge in [-0.25, -0.2) is 0 Å². The van der Waals surface area contributed by atoms with Gasteiger partial charge in [-0.1, -0.05) is 6.07 Å². The number of methoxy groups -OCH3 is 1. The van der Waals surface area contributed by atoms with Crippen molar-refractivity contribution in [2.45, 2.75) is 26.1 Å². The minimum atomic E-state index is -2.91. The van der Waals surface area contributed by atoms with Gasteiger partial charge in [-0.2, -0.15) is 8.78 Å². The standard InChI is InChI=1S/C13H18F2N2O3.ClH/c1-8-3-4-9(5-11(8)20-13(14)15)17-12(18)6-10(7-16)19-2;/h3-5,10,13H,6-7,16H2,1-2H3,(H,17,18);1H. The van der Waals surface area contributed by atoms with Crippen molar-refractivity contribution in [1.29, 1.82) is 0 Å². The number of nitrogens with two attached hydrogens (primary N) is 1. The number of carbonyl (C=O) groups excluding carboxylic acids is 1. The van der Waals surface area contributed by atoms with Crippen molar-refractivity contribution in [3.8, 4) is 5.75 Å². The summed E-state index contributed by atoms with van der Waals surface area (Å²) in [6.45, 7) is -1.05. The smallest absolute Gasteiger partial charge is 0.387 e. The van der Waals surface area contributed by atoms with E-state index >= 15 is 0 Å². The summed E-state index contributed by atoms with van der Waals surface area (Å²) in [7, 11) is 1.46. The van der Waals surface area contributed by atoms with E-state index in [1.807, 2.05) is 0 Å². The number of rotatable bonds is 7. The van der Waals surface area contributed by atoms with Gasteiger partial charge in [0, 0.05) is 25.4 Å². The third-order valence-corrected chi connectivity index (χ3v) is 2.70. The van der Waals surface area contributed by atoms with Crippen LogP contribution < -0.4 is 15.8 Å². The molecular formula is C13H19ClF2N2O3. The van der Waals surface area contributed by atoms with Gasteiger partial charge >= 0.3 is 6.61 Å². The number of benzene rings is 1. The number of halogens is 3. The molecule has 0 heterocycles. The fourth-order valence-electron chi connectivity index (χ4n) is 1.58. The van der Waals surface area contributed by atoms with Gasteiger partial charge in [0.2, 0.25) is 5.91 Å². The van der Waals surface area contributed by atoms with Crippen LogP contribution in [0.25, 0.3) is 0 Å². The summed E-state index contributed by atoms with van der Waals surface area (Å²) < 4.78 is 33.8. The second-order valence-electron chi connectivity index (χ2n) is 4.20. The first-order chi connectivity index (χ1) is 9.46. The van der Waals surface area contributed by atoms with E-state index in [1.54, 1.807) is 19.1 Å². The van der Waals surface area contributed by atoms with E-state index in [1.165, 1.54) is 13.2 Å². The fourth-order valence-corrected chi connectivity index (χ4v) is 1.58. The molecule has 120 valence electrons. The quantitative estimate of drug-likeness (QED) is 0.807. The van der Waals surface area contributed by atoms with Gasteiger partial charge in [0.15, 0.2) is 0 Å². The Balaban J connectivity index is 0.00000400. The lowest BCUT2D eigenvalue weighted by Crippen LogP contribution is -2.28. The minimum Gasteiger partial charge on any atom is -0.434 e. The molecule has 0 saturated heterocycles. The summed E-state index contributed by atoms with van der Waals surface area (Å²) in [4.78, 5) is 11.7. The van der Waals surface area contributed by atoms with E-state index in [2.05, 4.69) is 10.1 Å². The third kappa shape index (κ3) is 6.70. The molecule has 1 unspecified atom stereocenters. The van der Waals surface area contributed by atoms with Gasteiger partial charge in [0.1, 0.15) is 5.75 Å². The van der Waals surface area contributed by atoms with Crippen LogP contribution in [0, 0.1) is 6.92 Å². The number of aryl methyl sites for hydroxylation is 1. The van der Waals surface area contributed by atoms with Crippen LogP contribution in [0.1, 0.15) is 12.0 Å². The van der Waals surface area contributed by atoms with Gasteiger partial charge in [0.25, 0.3) is 0 Å². The van der Waals surface area contributed by atoms with Crippen LogP contribution in [0.4, 0.5) is 14.5 Å². The number of nitrogens with one attached hydrogen (secondary N) is 1. The van der Waals surface area contributed by atoms with Crippen molar-refractivity contribution in [2.24, 2.45) is 5.73 Å². The molecular weight excluding hydrogens is 306 g/mol. The Morgan fingerprint density at radius 1 is 1.43 bits per heavy atom. The Bertz CT molecular complexity index is 457. The van der Waals surface area contributed by atoms with Gasteiger partial charge in [-0.15, -0.1) is 12.4 Å². The number of ether oxygens (including phenoxy) is 2. The summed E-state index contributed by atoms with van der Waals surface area (Å²) in [5.74, 6) is -0.283. The Labute approximate surface area is 128 Å². The van der Waals surface area contributed by atoms with Gasteiger partial charge < -0.3 is 20.5 Å². The summed E-state index contributed by atoms with van der Waals surface area (Å²) >= 11 is 0. The number of hydrogen-bond acceptors (Lipinski definition) is 4. The van der Waals surface area contributed by atoms with Crippen molar-refractivity contribution in [2.75, 3.05) is 19.0 Å². The molecule has 1 rings (SSSR count). The topological polar surface area (TPSA) is 73.6 Å². The highest BCUT2D eigenvalue weighted by atomic mass is 35.5. The largest absolute Gasteiger partial charge is 0.434 e. The summed E-state index contributed by atoms with van der Waals surface area (Å²) in [5, 5.41) is 2.58. The molecule has 0 aliphatic carbocycles. The summed E-state index contributed by atoms with van der Waals surface area (Å²) in [5.41, 5.74) is 6.35. The molecule has 0 spiro atoms. The Hall–Kier alpha value is -1.44. The molecule has 0 aliphatic rings. The molecule has 1 atom stereocenters. The average molecular weight is 325 g/mol. The molecule has 0 aromatic heterocycles. The van der Waals surface area contributed by atoms with Crippen molar-refractivity contribution in [3.63, 3.8) is 0 Å². The van der Waals surface area contributed by atoms with Crippen LogP contribution in [-0.4, -0.2) is 32.3 Å². The zero-order valence-corrected chi connectivity index (χ0v) is 12.6. The van der Waals surface area contributed by atoms with E-state index in [0.717, 1.165) is 0 Å². The predicted molar refractivity (Wildman–Crippen MR) is 78.2 cm³/mol. The number of carbonyl (C=O) groups is 1. The molecule has 1 aromatic carbocycles. The lowest BCUT2D eigenvalue weighted by molar-refractivity contribution is -0.118.